The third kappa shape index (κ3) is 4.94. The monoisotopic (exact) mass is 458 g/mol. The molecule has 1 aliphatic heterocycles. The number of rotatable bonds is 7. The van der Waals surface area contributed by atoms with Crippen LogP contribution in [-0.2, 0) is 0 Å². The maximum absolute atomic E-state index is 10.4. The summed E-state index contributed by atoms with van der Waals surface area (Å²) in [5.74, 6) is 2.19. The van der Waals surface area contributed by atoms with E-state index in [0.29, 0.717) is 19.1 Å². The molecule has 0 bridgehead atoms. The van der Waals surface area contributed by atoms with Crippen molar-refractivity contribution >= 4 is 26.8 Å². The van der Waals surface area contributed by atoms with Gasteiger partial charge >= 0.3 is 0 Å². The van der Waals surface area contributed by atoms with E-state index in [-0.39, 0.29) is 0 Å². The molecule has 0 spiro atoms. The second-order valence-corrected chi connectivity index (χ2v) is 8.57. The Morgan fingerprint density at radius 3 is 2.76 bits per heavy atom. The van der Waals surface area contributed by atoms with Gasteiger partial charge in [0.1, 0.15) is 24.2 Å². The van der Waals surface area contributed by atoms with Crippen LogP contribution in [0.1, 0.15) is 24.3 Å². The number of aromatic amines is 1. The maximum atomic E-state index is 10.4. The van der Waals surface area contributed by atoms with Crippen LogP contribution >= 0.6 is 15.9 Å². The highest BCUT2D eigenvalue weighted by Crippen LogP contribution is 2.34. The molecule has 1 fully saturated rings. The minimum atomic E-state index is -0.497. The van der Waals surface area contributed by atoms with Crippen molar-refractivity contribution in [3.05, 3.63) is 58.7 Å². The topological polar surface area (TPSA) is 57.7 Å². The Labute approximate surface area is 179 Å². The summed E-state index contributed by atoms with van der Waals surface area (Å²) in [5.41, 5.74) is 2.53. The summed E-state index contributed by atoms with van der Waals surface area (Å²) in [7, 11) is 1.71. The predicted octanol–water partition coefficient (Wildman–Crippen LogP) is 4.56. The van der Waals surface area contributed by atoms with Gasteiger partial charge in [-0.05, 0) is 73.8 Å². The second kappa shape index (κ2) is 9.20. The number of methoxy groups -OCH3 is 1. The Balaban J connectivity index is 1.29. The number of benzene rings is 2. The molecule has 154 valence electrons. The van der Waals surface area contributed by atoms with Crippen LogP contribution < -0.4 is 9.47 Å². The van der Waals surface area contributed by atoms with Crippen molar-refractivity contribution in [2.75, 3.05) is 33.4 Å². The molecule has 2 aromatic carbocycles. The summed E-state index contributed by atoms with van der Waals surface area (Å²) in [4.78, 5) is 5.72. The van der Waals surface area contributed by atoms with Gasteiger partial charge in [0, 0.05) is 28.1 Å². The summed E-state index contributed by atoms with van der Waals surface area (Å²) < 4.78 is 12.1. The van der Waals surface area contributed by atoms with E-state index in [4.69, 9.17) is 9.47 Å². The molecule has 2 N–H and O–H groups in total. The zero-order valence-corrected chi connectivity index (χ0v) is 18.2. The van der Waals surface area contributed by atoms with Crippen molar-refractivity contribution in [1.29, 1.82) is 0 Å². The summed E-state index contributed by atoms with van der Waals surface area (Å²) in [6.45, 7) is 2.91. The van der Waals surface area contributed by atoms with Gasteiger partial charge in [0.25, 0.3) is 0 Å². The number of β-amino-alcohol motifs (C(OH)–C–C–N with tert-alkyl or cyclic N) is 1. The molecule has 0 saturated carbocycles. The van der Waals surface area contributed by atoms with Gasteiger partial charge in [0.2, 0.25) is 0 Å². The van der Waals surface area contributed by atoms with Gasteiger partial charge < -0.3 is 24.5 Å². The van der Waals surface area contributed by atoms with Gasteiger partial charge in [-0.15, -0.1) is 0 Å². The van der Waals surface area contributed by atoms with Crippen molar-refractivity contribution in [3.8, 4) is 11.5 Å². The summed E-state index contributed by atoms with van der Waals surface area (Å²) in [6.07, 6.45) is 3.82. The Hall–Kier alpha value is -2.02. The molecule has 6 heteroatoms. The van der Waals surface area contributed by atoms with E-state index in [1.165, 1.54) is 10.9 Å². The largest absolute Gasteiger partial charge is 0.497 e. The van der Waals surface area contributed by atoms with Gasteiger partial charge in [-0.2, -0.15) is 0 Å². The first-order valence-corrected chi connectivity index (χ1v) is 10.9. The number of nitrogens with zero attached hydrogens (tertiary/aromatic N) is 1. The fourth-order valence-corrected chi connectivity index (χ4v) is 4.49. The van der Waals surface area contributed by atoms with E-state index in [0.717, 1.165) is 47.4 Å². The average molecular weight is 459 g/mol. The van der Waals surface area contributed by atoms with Crippen LogP contribution in [0.25, 0.3) is 10.9 Å². The molecule has 29 heavy (non-hydrogen) atoms. The number of nitrogens with one attached hydrogen (secondary N) is 1. The number of hydrogen-bond donors (Lipinski definition) is 2. The molecule has 1 atom stereocenters. The normalized spacial score (nSPS) is 16.8. The van der Waals surface area contributed by atoms with Crippen molar-refractivity contribution in [2.24, 2.45) is 0 Å². The lowest BCUT2D eigenvalue weighted by Crippen LogP contribution is -2.40. The van der Waals surface area contributed by atoms with Gasteiger partial charge in [-0.1, -0.05) is 22.0 Å². The standard InChI is InChI=1S/C23H27BrN2O3/c1-28-19-5-6-23-21(12-19)22(13-25-23)16-7-9-26(10-8-16)14-18(27)15-29-20-4-2-3-17(24)11-20/h2-6,11-13,16,18,25,27H,7-10,14-15H2,1H3. The van der Waals surface area contributed by atoms with Crippen LogP contribution in [0.4, 0.5) is 0 Å². The van der Waals surface area contributed by atoms with Crippen LogP contribution in [0, 0.1) is 0 Å². The highest BCUT2D eigenvalue weighted by Gasteiger charge is 2.24. The van der Waals surface area contributed by atoms with Gasteiger partial charge in [0.05, 0.1) is 7.11 Å². The van der Waals surface area contributed by atoms with Crippen molar-refractivity contribution in [3.63, 3.8) is 0 Å². The van der Waals surface area contributed by atoms with Gasteiger partial charge in [-0.3, -0.25) is 0 Å². The third-order valence-corrected chi connectivity index (χ3v) is 6.15. The quantitative estimate of drug-likeness (QED) is 0.544. The number of ether oxygens (including phenoxy) is 2. The average Bonchev–Trinajstić information content (AvgIpc) is 3.16. The molecule has 3 aromatic rings. The molecule has 1 saturated heterocycles. The lowest BCUT2D eigenvalue weighted by molar-refractivity contribution is 0.0595. The minimum absolute atomic E-state index is 0.304. The number of hydrogen-bond acceptors (Lipinski definition) is 4. The van der Waals surface area contributed by atoms with Crippen LogP contribution in [0.5, 0.6) is 11.5 Å². The zero-order chi connectivity index (χ0) is 20.2. The van der Waals surface area contributed by atoms with Crippen LogP contribution in [-0.4, -0.2) is 54.4 Å². The van der Waals surface area contributed by atoms with Crippen molar-refractivity contribution in [2.45, 2.75) is 24.9 Å². The molecule has 4 rings (SSSR count). The number of aliphatic hydroxyl groups is 1. The Kier molecular flexibility index (Phi) is 6.43. The lowest BCUT2D eigenvalue weighted by Gasteiger charge is -2.33. The third-order valence-electron chi connectivity index (χ3n) is 5.66. The molecule has 1 aromatic heterocycles. The highest BCUT2D eigenvalue weighted by molar-refractivity contribution is 9.10. The maximum Gasteiger partial charge on any atom is 0.120 e. The van der Waals surface area contributed by atoms with E-state index in [1.54, 1.807) is 7.11 Å². The number of fused-ring (bicyclic) bond motifs is 1. The van der Waals surface area contributed by atoms with Gasteiger partial charge in [-0.25, -0.2) is 0 Å². The van der Waals surface area contributed by atoms with Gasteiger partial charge in [0.15, 0.2) is 0 Å². The molecular weight excluding hydrogens is 432 g/mol. The molecule has 2 heterocycles. The number of H-pyrrole nitrogens is 1. The SMILES string of the molecule is COc1ccc2[nH]cc(C3CCN(CC(O)COc4cccc(Br)c4)CC3)c2c1. The minimum Gasteiger partial charge on any atom is -0.497 e. The van der Waals surface area contributed by atoms with E-state index >= 15 is 0 Å². The second-order valence-electron chi connectivity index (χ2n) is 7.65. The molecule has 0 amide bonds. The van der Waals surface area contributed by atoms with Crippen molar-refractivity contribution < 1.29 is 14.6 Å². The molecule has 1 aliphatic rings. The van der Waals surface area contributed by atoms with E-state index in [1.807, 2.05) is 30.3 Å². The molecule has 0 radical (unpaired) electrons. The molecule has 5 nitrogen and oxygen atoms in total. The summed E-state index contributed by atoms with van der Waals surface area (Å²) in [5, 5.41) is 11.6. The van der Waals surface area contributed by atoms with Crippen LogP contribution in [0.2, 0.25) is 0 Å². The van der Waals surface area contributed by atoms with E-state index in [9.17, 15) is 5.11 Å². The summed E-state index contributed by atoms with van der Waals surface area (Å²) in [6, 6.07) is 13.9. The Morgan fingerprint density at radius 2 is 2.00 bits per heavy atom. The fraction of sp³-hybridized carbons (Fsp3) is 0.391. The first kappa shape index (κ1) is 20.3. The zero-order valence-electron chi connectivity index (χ0n) is 16.6. The number of aromatic nitrogens is 1. The first-order valence-electron chi connectivity index (χ1n) is 10.1. The molecule has 0 aliphatic carbocycles. The fourth-order valence-electron chi connectivity index (χ4n) is 4.11. The summed E-state index contributed by atoms with van der Waals surface area (Å²) >= 11 is 3.43. The Bertz CT molecular complexity index is 950. The molecule has 1 unspecified atom stereocenters. The van der Waals surface area contributed by atoms with Crippen LogP contribution in [0.3, 0.4) is 0 Å². The van der Waals surface area contributed by atoms with E-state index < -0.39 is 6.10 Å². The number of aliphatic hydroxyl groups excluding tert-OH is 1. The van der Waals surface area contributed by atoms with E-state index in [2.05, 4.69) is 44.1 Å². The van der Waals surface area contributed by atoms with Crippen LogP contribution in [0.15, 0.2) is 53.1 Å². The Morgan fingerprint density at radius 1 is 1.17 bits per heavy atom. The predicted molar refractivity (Wildman–Crippen MR) is 119 cm³/mol. The number of halogens is 1. The highest BCUT2D eigenvalue weighted by atomic mass is 79.9. The first-order chi connectivity index (χ1) is 14.1. The molecular formula is C23H27BrN2O3. The smallest absolute Gasteiger partial charge is 0.120 e. The lowest BCUT2D eigenvalue weighted by atomic mass is 9.89. The number of likely N-dealkylation sites (tertiary alicyclic amines) is 1. The number of piperidine rings is 1. The van der Waals surface area contributed by atoms with Crippen molar-refractivity contribution in [1.82, 2.24) is 9.88 Å².